The van der Waals surface area contributed by atoms with Crippen molar-refractivity contribution in [2.45, 2.75) is 16.6 Å². The van der Waals surface area contributed by atoms with E-state index in [9.17, 15) is 0 Å². The summed E-state index contributed by atoms with van der Waals surface area (Å²) in [5.41, 5.74) is 8.44. The van der Waals surface area contributed by atoms with Crippen LogP contribution in [-0.2, 0) is 13.5 Å². The van der Waals surface area contributed by atoms with Crippen LogP contribution in [0.4, 0.5) is 0 Å². The largest absolute Gasteiger partial charge is 0.456 e. The zero-order valence-corrected chi connectivity index (χ0v) is 18.5. The van der Waals surface area contributed by atoms with Crippen molar-refractivity contribution in [1.29, 1.82) is 0 Å². The molecule has 0 bridgehead atoms. The molecule has 0 radical (unpaired) electrons. The molecular weight excluding hydrogens is 410 g/mol. The Morgan fingerprint density at radius 3 is 2.50 bits per heavy atom. The SMILES string of the molecule is Cn1ccc2cc(-c3ccc4oc5ccc(C6Cc7ccccc7S6)cc5c4c3)ccc21. The second-order valence-corrected chi connectivity index (χ2v) is 9.93. The summed E-state index contributed by atoms with van der Waals surface area (Å²) in [5, 5.41) is 4.12. The number of rotatable bonds is 2. The monoisotopic (exact) mass is 431 g/mol. The number of furan rings is 1. The fourth-order valence-corrected chi connectivity index (χ4v) is 6.32. The van der Waals surface area contributed by atoms with E-state index in [0.29, 0.717) is 5.25 Å². The topological polar surface area (TPSA) is 18.1 Å². The van der Waals surface area contributed by atoms with Crippen LogP contribution < -0.4 is 0 Å². The Kier molecular flexibility index (Phi) is 3.85. The number of aryl methyl sites for hydroxylation is 1. The molecule has 0 N–H and O–H groups in total. The molecule has 0 saturated carbocycles. The molecule has 7 rings (SSSR count). The van der Waals surface area contributed by atoms with Crippen LogP contribution in [0.15, 0.2) is 100 Å². The molecule has 6 aromatic rings. The molecule has 0 amide bonds. The van der Waals surface area contributed by atoms with Crippen LogP contribution >= 0.6 is 11.8 Å². The fourth-order valence-electron chi connectivity index (χ4n) is 5.00. The van der Waals surface area contributed by atoms with Crippen molar-refractivity contribution in [3.63, 3.8) is 0 Å². The molecule has 2 aromatic heterocycles. The van der Waals surface area contributed by atoms with Crippen molar-refractivity contribution in [2.24, 2.45) is 7.05 Å². The number of thioether (sulfide) groups is 1. The van der Waals surface area contributed by atoms with Gasteiger partial charge in [-0.2, -0.15) is 0 Å². The Morgan fingerprint density at radius 2 is 1.59 bits per heavy atom. The molecule has 1 aliphatic heterocycles. The maximum atomic E-state index is 6.19. The second-order valence-electron chi connectivity index (χ2n) is 8.69. The number of aromatic nitrogens is 1. The number of hydrogen-bond donors (Lipinski definition) is 0. The van der Waals surface area contributed by atoms with Crippen LogP contribution in [0.25, 0.3) is 44.0 Å². The summed E-state index contributed by atoms with van der Waals surface area (Å²) in [5.74, 6) is 0. The van der Waals surface area contributed by atoms with Crippen LogP contribution in [0.2, 0.25) is 0 Å². The van der Waals surface area contributed by atoms with Gasteiger partial charge in [0.25, 0.3) is 0 Å². The third kappa shape index (κ3) is 2.74. The van der Waals surface area contributed by atoms with Gasteiger partial charge in [0.15, 0.2) is 0 Å². The van der Waals surface area contributed by atoms with E-state index in [1.165, 1.54) is 48.8 Å². The number of hydrogen-bond acceptors (Lipinski definition) is 2. The van der Waals surface area contributed by atoms with E-state index in [2.05, 4.69) is 103 Å². The maximum absolute atomic E-state index is 6.19. The molecule has 3 heteroatoms. The van der Waals surface area contributed by atoms with Gasteiger partial charge in [-0.15, -0.1) is 11.8 Å². The molecule has 1 aliphatic rings. The lowest BCUT2D eigenvalue weighted by molar-refractivity contribution is 0.669. The number of fused-ring (bicyclic) bond motifs is 5. The third-order valence-electron chi connectivity index (χ3n) is 6.73. The lowest BCUT2D eigenvalue weighted by atomic mass is 9.99. The quantitative estimate of drug-likeness (QED) is 0.275. The molecule has 32 heavy (non-hydrogen) atoms. The first-order chi connectivity index (χ1) is 15.7. The zero-order chi connectivity index (χ0) is 21.2. The second kappa shape index (κ2) is 6.78. The Hall–Kier alpha value is -3.43. The molecule has 0 fully saturated rings. The van der Waals surface area contributed by atoms with Gasteiger partial charge in [-0.05, 0) is 77.2 Å². The van der Waals surface area contributed by atoms with Gasteiger partial charge in [-0.1, -0.05) is 36.4 Å². The fraction of sp³-hybridized carbons (Fsp3) is 0.103. The first kappa shape index (κ1) is 18.2. The van der Waals surface area contributed by atoms with Gasteiger partial charge in [0, 0.05) is 45.1 Å². The van der Waals surface area contributed by atoms with E-state index in [1.54, 1.807) is 0 Å². The van der Waals surface area contributed by atoms with E-state index in [4.69, 9.17) is 4.42 Å². The van der Waals surface area contributed by atoms with Crippen LogP contribution in [0.1, 0.15) is 16.4 Å². The van der Waals surface area contributed by atoms with E-state index < -0.39 is 0 Å². The average Bonchev–Trinajstić information content (AvgIpc) is 3.53. The van der Waals surface area contributed by atoms with Gasteiger partial charge in [0.2, 0.25) is 0 Å². The van der Waals surface area contributed by atoms with Crippen molar-refractivity contribution in [2.75, 3.05) is 0 Å². The lowest BCUT2D eigenvalue weighted by Crippen LogP contribution is -1.91. The first-order valence-electron chi connectivity index (χ1n) is 11.0. The van der Waals surface area contributed by atoms with E-state index in [1.807, 2.05) is 11.8 Å². The predicted octanol–water partition coefficient (Wildman–Crippen LogP) is 8.13. The van der Waals surface area contributed by atoms with Crippen molar-refractivity contribution in [1.82, 2.24) is 4.57 Å². The highest BCUT2D eigenvalue weighted by atomic mass is 32.2. The molecule has 154 valence electrons. The van der Waals surface area contributed by atoms with Crippen LogP contribution in [0.5, 0.6) is 0 Å². The molecule has 4 aromatic carbocycles. The molecule has 0 aliphatic carbocycles. The Bertz CT molecular complexity index is 1630. The average molecular weight is 432 g/mol. The van der Waals surface area contributed by atoms with Gasteiger partial charge in [0.05, 0.1) is 0 Å². The number of benzene rings is 4. The summed E-state index contributed by atoms with van der Waals surface area (Å²) in [6.07, 6.45) is 3.20. The molecule has 1 unspecified atom stereocenters. The summed E-state index contributed by atoms with van der Waals surface area (Å²) in [6.45, 7) is 0. The van der Waals surface area contributed by atoms with Crippen molar-refractivity contribution in [3.05, 3.63) is 102 Å². The van der Waals surface area contributed by atoms with Crippen LogP contribution in [0, 0.1) is 0 Å². The summed E-state index contributed by atoms with van der Waals surface area (Å²) in [4.78, 5) is 1.41. The minimum Gasteiger partial charge on any atom is -0.456 e. The van der Waals surface area contributed by atoms with Crippen molar-refractivity contribution < 1.29 is 4.42 Å². The predicted molar refractivity (Wildman–Crippen MR) is 134 cm³/mol. The minimum atomic E-state index is 0.463. The van der Waals surface area contributed by atoms with Crippen molar-refractivity contribution in [3.8, 4) is 11.1 Å². The number of nitrogens with zero attached hydrogens (tertiary/aromatic N) is 1. The standard InChI is InChI=1S/C29H21NOS/c1-30-13-12-20-14-18(6-9-25(20)30)19-7-10-26-23(15-19)24-16-22(8-11-27(24)31-26)29-17-21-4-2-3-5-28(21)32-29/h2-16,29H,17H2,1H3. The lowest BCUT2D eigenvalue weighted by Gasteiger charge is -2.09. The Balaban J connectivity index is 1.33. The first-order valence-corrected chi connectivity index (χ1v) is 11.9. The van der Waals surface area contributed by atoms with Gasteiger partial charge in [-0.25, -0.2) is 0 Å². The van der Waals surface area contributed by atoms with Crippen LogP contribution in [0.3, 0.4) is 0 Å². The van der Waals surface area contributed by atoms with Gasteiger partial charge >= 0.3 is 0 Å². The molecule has 0 spiro atoms. The van der Waals surface area contributed by atoms with E-state index >= 15 is 0 Å². The summed E-state index contributed by atoms with van der Waals surface area (Å²) in [6, 6.07) is 30.9. The van der Waals surface area contributed by atoms with Gasteiger partial charge in [-0.3, -0.25) is 0 Å². The summed E-state index contributed by atoms with van der Waals surface area (Å²) >= 11 is 1.98. The zero-order valence-electron chi connectivity index (χ0n) is 17.7. The minimum absolute atomic E-state index is 0.463. The summed E-state index contributed by atoms with van der Waals surface area (Å²) in [7, 11) is 2.09. The van der Waals surface area contributed by atoms with E-state index in [0.717, 1.165) is 17.6 Å². The van der Waals surface area contributed by atoms with Gasteiger partial charge in [0.1, 0.15) is 11.2 Å². The molecule has 3 heterocycles. The Labute approximate surface area is 190 Å². The highest BCUT2D eigenvalue weighted by Gasteiger charge is 2.24. The summed E-state index contributed by atoms with van der Waals surface area (Å²) < 4.78 is 8.35. The highest BCUT2D eigenvalue weighted by molar-refractivity contribution is 7.99. The maximum Gasteiger partial charge on any atom is 0.135 e. The molecular formula is C29H21NOS. The third-order valence-corrected chi connectivity index (χ3v) is 8.11. The normalized spacial score (nSPS) is 15.7. The molecule has 0 saturated heterocycles. The Morgan fingerprint density at radius 1 is 0.812 bits per heavy atom. The molecule has 2 nitrogen and oxygen atoms in total. The van der Waals surface area contributed by atoms with E-state index in [-0.39, 0.29) is 0 Å². The molecule has 1 atom stereocenters. The van der Waals surface area contributed by atoms with Crippen LogP contribution in [-0.4, -0.2) is 4.57 Å². The highest BCUT2D eigenvalue weighted by Crippen LogP contribution is 2.47. The van der Waals surface area contributed by atoms with Crippen molar-refractivity contribution >= 4 is 44.6 Å². The van der Waals surface area contributed by atoms with Gasteiger partial charge < -0.3 is 8.98 Å². The smallest absolute Gasteiger partial charge is 0.135 e.